The smallest absolute Gasteiger partial charge is 0.226 e. The van der Waals surface area contributed by atoms with E-state index < -0.39 is 0 Å². The number of benzene rings is 1. The molecule has 0 saturated heterocycles. The summed E-state index contributed by atoms with van der Waals surface area (Å²) in [7, 11) is 1.82. The van der Waals surface area contributed by atoms with Crippen LogP contribution < -0.4 is 0 Å². The summed E-state index contributed by atoms with van der Waals surface area (Å²) in [5.41, 5.74) is 2.65. The molecule has 30 heavy (non-hydrogen) atoms. The highest BCUT2D eigenvalue weighted by Gasteiger charge is 2.12. The standard InChI is InChI=1S/C22H28FN5O2/c1-15(2)22-24-20(30-27-22)7-4-8-21(29)28(3)13-5-6-18-14-19(26-25-18)16-9-11-17(23)12-10-16/h9-12,14-15H,4-8,13H2,1-3H3,(H,25,26). The molecule has 0 spiro atoms. The van der Waals surface area contributed by atoms with Crippen LogP contribution in [-0.4, -0.2) is 44.7 Å². The second-order valence-electron chi connectivity index (χ2n) is 7.76. The zero-order chi connectivity index (χ0) is 21.5. The van der Waals surface area contributed by atoms with Gasteiger partial charge in [0.25, 0.3) is 0 Å². The lowest BCUT2D eigenvalue weighted by molar-refractivity contribution is -0.130. The predicted octanol–water partition coefficient (Wildman–Crippen LogP) is 4.14. The van der Waals surface area contributed by atoms with Crippen LogP contribution in [0.3, 0.4) is 0 Å². The molecular formula is C22H28FN5O2. The van der Waals surface area contributed by atoms with Gasteiger partial charge >= 0.3 is 0 Å². The highest BCUT2D eigenvalue weighted by atomic mass is 19.1. The lowest BCUT2D eigenvalue weighted by Crippen LogP contribution is -2.27. The number of carbonyl (C=O) groups is 1. The number of H-pyrrole nitrogens is 1. The molecule has 0 aliphatic carbocycles. The zero-order valence-corrected chi connectivity index (χ0v) is 17.7. The van der Waals surface area contributed by atoms with E-state index in [1.54, 1.807) is 17.0 Å². The number of rotatable bonds is 10. The molecule has 0 aliphatic heterocycles. The maximum Gasteiger partial charge on any atom is 0.226 e. The maximum absolute atomic E-state index is 13.0. The van der Waals surface area contributed by atoms with Crippen molar-refractivity contribution in [1.82, 2.24) is 25.2 Å². The van der Waals surface area contributed by atoms with E-state index in [4.69, 9.17) is 4.52 Å². The summed E-state index contributed by atoms with van der Waals surface area (Å²) in [6.45, 7) is 4.70. The van der Waals surface area contributed by atoms with E-state index in [0.717, 1.165) is 29.8 Å². The van der Waals surface area contributed by atoms with Crippen molar-refractivity contribution in [2.45, 2.75) is 51.9 Å². The largest absolute Gasteiger partial charge is 0.346 e. The van der Waals surface area contributed by atoms with Crippen LogP contribution in [0.25, 0.3) is 11.3 Å². The van der Waals surface area contributed by atoms with E-state index in [1.807, 2.05) is 27.0 Å². The molecule has 3 rings (SSSR count). The number of amides is 1. The molecule has 0 aliphatic rings. The Morgan fingerprint density at radius 2 is 1.97 bits per heavy atom. The predicted molar refractivity (Wildman–Crippen MR) is 111 cm³/mol. The Balaban J connectivity index is 1.37. The Bertz CT molecular complexity index is 949. The molecule has 2 aromatic heterocycles. The van der Waals surface area contributed by atoms with Crippen molar-refractivity contribution in [2.75, 3.05) is 13.6 Å². The van der Waals surface area contributed by atoms with Gasteiger partial charge in [0, 0.05) is 43.6 Å². The average Bonchev–Trinajstić information content (AvgIpc) is 3.38. The first kappa shape index (κ1) is 21.7. The number of aromatic nitrogens is 4. The summed E-state index contributed by atoms with van der Waals surface area (Å²) in [6, 6.07) is 8.22. The minimum Gasteiger partial charge on any atom is -0.346 e. The summed E-state index contributed by atoms with van der Waals surface area (Å²) in [6.07, 6.45) is 3.36. The third kappa shape index (κ3) is 5.98. The van der Waals surface area contributed by atoms with Gasteiger partial charge in [0.05, 0.1) is 5.69 Å². The van der Waals surface area contributed by atoms with Crippen molar-refractivity contribution in [3.63, 3.8) is 0 Å². The van der Waals surface area contributed by atoms with Crippen LogP contribution in [0, 0.1) is 5.82 Å². The third-order valence-corrected chi connectivity index (χ3v) is 4.92. The van der Waals surface area contributed by atoms with E-state index in [2.05, 4.69) is 20.3 Å². The summed E-state index contributed by atoms with van der Waals surface area (Å²) in [4.78, 5) is 18.4. The molecule has 0 fully saturated rings. The van der Waals surface area contributed by atoms with Crippen molar-refractivity contribution in [2.24, 2.45) is 0 Å². The Labute approximate surface area is 175 Å². The van der Waals surface area contributed by atoms with Crippen molar-refractivity contribution in [1.29, 1.82) is 0 Å². The fourth-order valence-corrected chi connectivity index (χ4v) is 3.08. The van der Waals surface area contributed by atoms with Gasteiger partial charge in [-0.05, 0) is 49.6 Å². The third-order valence-electron chi connectivity index (χ3n) is 4.92. The summed E-state index contributed by atoms with van der Waals surface area (Å²) in [5, 5.41) is 11.2. The van der Waals surface area contributed by atoms with Gasteiger partial charge in [-0.15, -0.1) is 0 Å². The minimum atomic E-state index is -0.264. The molecule has 0 bridgehead atoms. The molecule has 1 aromatic carbocycles. The number of halogens is 1. The first-order chi connectivity index (χ1) is 14.4. The molecule has 0 unspecified atom stereocenters. The van der Waals surface area contributed by atoms with E-state index in [1.165, 1.54) is 12.1 Å². The minimum absolute atomic E-state index is 0.107. The van der Waals surface area contributed by atoms with E-state index in [-0.39, 0.29) is 17.6 Å². The highest BCUT2D eigenvalue weighted by molar-refractivity contribution is 5.75. The molecule has 1 N–H and O–H groups in total. The Morgan fingerprint density at radius 1 is 1.20 bits per heavy atom. The van der Waals surface area contributed by atoms with Gasteiger partial charge in [0.2, 0.25) is 11.8 Å². The summed E-state index contributed by atoms with van der Waals surface area (Å²) in [5.74, 6) is 1.37. The molecule has 7 nitrogen and oxygen atoms in total. The lowest BCUT2D eigenvalue weighted by atomic mass is 10.1. The zero-order valence-electron chi connectivity index (χ0n) is 17.7. The van der Waals surface area contributed by atoms with Crippen LogP contribution in [0.5, 0.6) is 0 Å². The molecule has 3 aromatic rings. The van der Waals surface area contributed by atoms with Gasteiger partial charge in [-0.3, -0.25) is 9.89 Å². The number of aromatic amines is 1. The van der Waals surface area contributed by atoms with Crippen LogP contribution in [-0.2, 0) is 17.6 Å². The van der Waals surface area contributed by atoms with Crippen molar-refractivity contribution in [3.8, 4) is 11.3 Å². The van der Waals surface area contributed by atoms with Crippen molar-refractivity contribution >= 4 is 5.91 Å². The molecule has 0 atom stereocenters. The topological polar surface area (TPSA) is 87.9 Å². The molecular weight excluding hydrogens is 385 g/mol. The van der Waals surface area contributed by atoms with Crippen molar-refractivity contribution < 1.29 is 13.7 Å². The number of nitrogens with one attached hydrogen (secondary N) is 1. The molecule has 1 amide bonds. The maximum atomic E-state index is 13.0. The van der Waals surface area contributed by atoms with Crippen LogP contribution >= 0.6 is 0 Å². The van der Waals surface area contributed by atoms with Gasteiger partial charge in [-0.25, -0.2) is 4.39 Å². The summed E-state index contributed by atoms with van der Waals surface area (Å²) < 4.78 is 18.2. The SMILES string of the molecule is CC(C)c1noc(CCCC(=O)N(C)CCCc2cc(-c3ccc(F)cc3)n[nH]2)n1. The fourth-order valence-electron chi connectivity index (χ4n) is 3.08. The number of carbonyl (C=O) groups excluding carboxylic acids is 1. The molecule has 160 valence electrons. The number of hydrogen-bond donors (Lipinski definition) is 1. The average molecular weight is 413 g/mol. The van der Waals surface area contributed by atoms with Gasteiger partial charge in [0.15, 0.2) is 5.82 Å². The number of aryl methyl sites for hydroxylation is 2. The molecule has 0 radical (unpaired) electrons. The Morgan fingerprint density at radius 3 is 2.67 bits per heavy atom. The quantitative estimate of drug-likeness (QED) is 0.540. The molecule has 8 heteroatoms. The second-order valence-corrected chi connectivity index (χ2v) is 7.76. The van der Waals surface area contributed by atoms with Crippen LogP contribution in [0.1, 0.15) is 56.4 Å². The monoisotopic (exact) mass is 413 g/mol. The fraction of sp³-hybridized carbons (Fsp3) is 0.455. The first-order valence-corrected chi connectivity index (χ1v) is 10.3. The first-order valence-electron chi connectivity index (χ1n) is 10.3. The van der Waals surface area contributed by atoms with Gasteiger partial charge in [-0.2, -0.15) is 10.1 Å². The Hall–Kier alpha value is -3.03. The Kier molecular flexibility index (Phi) is 7.32. The normalized spacial score (nSPS) is 11.2. The molecule has 0 saturated carbocycles. The van der Waals surface area contributed by atoms with Crippen LogP contribution in [0.2, 0.25) is 0 Å². The van der Waals surface area contributed by atoms with Gasteiger partial charge in [-0.1, -0.05) is 19.0 Å². The van der Waals surface area contributed by atoms with Gasteiger partial charge in [0.1, 0.15) is 5.82 Å². The van der Waals surface area contributed by atoms with Gasteiger partial charge < -0.3 is 9.42 Å². The van der Waals surface area contributed by atoms with E-state index in [9.17, 15) is 9.18 Å². The molecule has 2 heterocycles. The van der Waals surface area contributed by atoms with E-state index in [0.29, 0.717) is 37.5 Å². The second kappa shape index (κ2) is 10.1. The van der Waals surface area contributed by atoms with Crippen LogP contribution in [0.4, 0.5) is 4.39 Å². The number of nitrogens with zero attached hydrogens (tertiary/aromatic N) is 4. The van der Waals surface area contributed by atoms with Crippen molar-refractivity contribution in [3.05, 3.63) is 53.6 Å². The van der Waals surface area contributed by atoms with Crippen LogP contribution in [0.15, 0.2) is 34.9 Å². The summed E-state index contributed by atoms with van der Waals surface area (Å²) >= 11 is 0. The van der Waals surface area contributed by atoms with E-state index >= 15 is 0 Å². The lowest BCUT2D eigenvalue weighted by Gasteiger charge is -2.16. The number of hydrogen-bond acceptors (Lipinski definition) is 5. The highest BCUT2D eigenvalue weighted by Crippen LogP contribution is 2.18.